The number of hydrogen-bond donors (Lipinski definition) is 0. The lowest BCUT2D eigenvalue weighted by molar-refractivity contribution is 0.0846. The summed E-state index contributed by atoms with van der Waals surface area (Å²) in [6.45, 7) is 13.6. The number of ether oxygens (including phenoxy) is 1. The van der Waals surface area contributed by atoms with Crippen LogP contribution < -0.4 is 4.90 Å². The van der Waals surface area contributed by atoms with Crippen LogP contribution in [0.1, 0.15) is 44.7 Å². The van der Waals surface area contributed by atoms with Crippen molar-refractivity contribution in [2.75, 3.05) is 24.7 Å². The van der Waals surface area contributed by atoms with E-state index in [1.807, 2.05) is 13.8 Å². The fourth-order valence-corrected chi connectivity index (χ4v) is 2.67. The van der Waals surface area contributed by atoms with Crippen LogP contribution in [0.15, 0.2) is 18.2 Å². The maximum atomic E-state index is 5.46. The molecule has 108 valence electrons. The van der Waals surface area contributed by atoms with Crippen LogP contribution in [0.3, 0.4) is 0 Å². The van der Waals surface area contributed by atoms with E-state index in [9.17, 15) is 0 Å². The van der Waals surface area contributed by atoms with Crippen molar-refractivity contribution in [2.45, 2.75) is 53.5 Å². The first kappa shape index (κ1) is 16.0. The van der Waals surface area contributed by atoms with Gasteiger partial charge in [0.1, 0.15) is 0 Å². The second-order valence-electron chi connectivity index (χ2n) is 4.85. The van der Waals surface area contributed by atoms with E-state index in [0.717, 1.165) is 32.6 Å². The zero-order valence-corrected chi connectivity index (χ0v) is 13.2. The van der Waals surface area contributed by atoms with Gasteiger partial charge in [0, 0.05) is 31.5 Å². The summed E-state index contributed by atoms with van der Waals surface area (Å²) in [5.41, 5.74) is 4.20. The van der Waals surface area contributed by atoms with Gasteiger partial charge in [0.2, 0.25) is 0 Å². The summed E-state index contributed by atoms with van der Waals surface area (Å²) in [5, 5.41) is 0. The van der Waals surface area contributed by atoms with Gasteiger partial charge in [0.25, 0.3) is 0 Å². The summed E-state index contributed by atoms with van der Waals surface area (Å²) >= 11 is 0. The molecule has 0 amide bonds. The van der Waals surface area contributed by atoms with Gasteiger partial charge in [-0.3, -0.25) is 0 Å². The third kappa shape index (κ3) is 3.97. The Morgan fingerprint density at radius 1 is 1.16 bits per heavy atom. The van der Waals surface area contributed by atoms with Crippen molar-refractivity contribution >= 4 is 5.69 Å². The van der Waals surface area contributed by atoms with Gasteiger partial charge in [-0.2, -0.15) is 0 Å². The molecule has 1 saturated heterocycles. The van der Waals surface area contributed by atoms with Crippen molar-refractivity contribution in [1.82, 2.24) is 0 Å². The average Bonchev–Trinajstić information content (AvgIpc) is 2.47. The molecule has 0 spiro atoms. The van der Waals surface area contributed by atoms with Crippen LogP contribution in [0, 0.1) is 13.8 Å². The predicted octanol–water partition coefficient (Wildman–Crippen LogP) is 4.33. The Morgan fingerprint density at radius 2 is 1.79 bits per heavy atom. The Kier molecular flexibility index (Phi) is 6.93. The van der Waals surface area contributed by atoms with Gasteiger partial charge in [-0.25, -0.2) is 0 Å². The molecule has 19 heavy (non-hydrogen) atoms. The van der Waals surface area contributed by atoms with Crippen LogP contribution in [-0.2, 0) is 4.74 Å². The maximum Gasteiger partial charge on any atom is 0.0485 e. The highest BCUT2D eigenvalue weighted by atomic mass is 16.5. The molecule has 1 fully saturated rings. The van der Waals surface area contributed by atoms with E-state index in [1.54, 1.807) is 0 Å². The lowest BCUT2D eigenvalue weighted by atomic mass is 10.0. The minimum atomic E-state index is 0.647. The van der Waals surface area contributed by atoms with Gasteiger partial charge < -0.3 is 9.64 Å². The number of nitrogens with zero attached hydrogens (tertiary/aromatic N) is 1. The normalized spacial score (nSPS) is 15.6. The number of rotatable bonds is 3. The summed E-state index contributed by atoms with van der Waals surface area (Å²) in [7, 11) is 0. The number of aryl methyl sites for hydroxylation is 1. The van der Waals surface area contributed by atoms with E-state index < -0.39 is 0 Å². The third-order valence-electron chi connectivity index (χ3n) is 3.86. The number of hydrogen-bond acceptors (Lipinski definition) is 2. The quantitative estimate of drug-likeness (QED) is 0.804. The van der Waals surface area contributed by atoms with Crippen molar-refractivity contribution in [3.05, 3.63) is 29.3 Å². The molecular weight excluding hydrogens is 234 g/mol. The van der Waals surface area contributed by atoms with Gasteiger partial charge >= 0.3 is 0 Å². The first-order valence-electron chi connectivity index (χ1n) is 7.64. The average molecular weight is 263 g/mol. The largest absolute Gasteiger partial charge is 0.381 e. The molecular formula is C17H29NO. The van der Waals surface area contributed by atoms with Gasteiger partial charge in [-0.1, -0.05) is 26.0 Å². The molecule has 0 saturated carbocycles. The third-order valence-corrected chi connectivity index (χ3v) is 3.86. The standard InChI is InChI=1S/C15H23NO.C2H6/c1-4-16(14-8-10-17-11-9-14)15-7-5-6-12(2)13(15)3;1-2/h5-7,14H,4,8-11H2,1-3H3;1-2H3. The molecule has 0 bridgehead atoms. The Morgan fingerprint density at radius 3 is 2.37 bits per heavy atom. The summed E-state index contributed by atoms with van der Waals surface area (Å²) < 4.78 is 5.46. The first-order chi connectivity index (χ1) is 9.24. The molecule has 2 heteroatoms. The maximum absolute atomic E-state index is 5.46. The van der Waals surface area contributed by atoms with Gasteiger partial charge in [0.15, 0.2) is 0 Å². The summed E-state index contributed by atoms with van der Waals surface area (Å²) in [6.07, 6.45) is 2.31. The van der Waals surface area contributed by atoms with Crippen LogP contribution >= 0.6 is 0 Å². The predicted molar refractivity (Wildman–Crippen MR) is 84.1 cm³/mol. The molecule has 2 rings (SSSR count). The molecule has 0 radical (unpaired) electrons. The van der Waals surface area contributed by atoms with Crippen molar-refractivity contribution in [3.8, 4) is 0 Å². The van der Waals surface area contributed by atoms with Crippen molar-refractivity contribution in [3.63, 3.8) is 0 Å². The minimum absolute atomic E-state index is 0.647. The minimum Gasteiger partial charge on any atom is -0.381 e. The smallest absolute Gasteiger partial charge is 0.0485 e. The fourth-order valence-electron chi connectivity index (χ4n) is 2.67. The van der Waals surface area contributed by atoms with Gasteiger partial charge in [-0.15, -0.1) is 0 Å². The van der Waals surface area contributed by atoms with E-state index in [-0.39, 0.29) is 0 Å². The molecule has 1 aromatic rings. The zero-order valence-electron chi connectivity index (χ0n) is 13.2. The molecule has 1 aromatic carbocycles. The monoisotopic (exact) mass is 263 g/mol. The Balaban J connectivity index is 0.000000861. The van der Waals surface area contributed by atoms with E-state index in [0.29, 0.717) is 6.04 Å². The molecule has 2 nitrogen and oxygen atoms in total. The van der Waals surface area contributed by atoms with Gasteiger partial charge in [-0.05, 0) is 50.8 Å². The molecule has 1 aliphatic rings. The highest BCUT2D eigenvalue weighted by molar-refractivity contribution is 5.56. The second kappa shape index (κ2) is 8.21. The van der Waals surface area contributed by atoms with Gasteiger partial charge in [0.05, 0.1) is 0 Å². The lowest BCUT2D eigenvalue weighted by Crippen LogP contribution is -2.39. The summed E-state index contributed by atoms with van der Waals surface area (Å²) in [5.74, 6) is 0. The molecule has 0 aliphatic carbocycles. The number of benzene rings is 1. The molecule has 0 atom stereocenters. The number of anilines is 1. The second-order valence-corrected chi connectivity index (χ2v) is 4.85. The van der Waals surface area contributed by atoms with Crippen LogP contribution in [0.2, 0.25) is 0 Å². The van der Waals surface area contributed by atoms with Crippen LogP contribution in [0.4, 0.5) is 5.69 Å². The van der Waals surface area contributed by atoms with Crippen LogP contribution in [0.5, 0.6) is 0 Å². The van der Waals surface area contributed by atoms with Crippen molar-refractivity contribution in [1.29, 1.82) is 0 Å². The van der Waals surface area contributed by atoms with Crippen molar-refractivity contribution in [2.24, 2.45) is 0 Å². The lowest BCUT2D eigenvalue weighted by Gasteiger charge is -2.36. The zero-order chi connectivity index (χ0) is 14.3. The van der Waals surface area contributed by atoms with Crippen molar-refractivity contribution < 1.29 is 4.74 Å². The summed E-state index contributed by atoms with van der Waals surface area (Å²) in [6, 6.07) is 7.26. The first-order valence-corrected chi connectivity index (χ1v) is 7.64. The Labute approximate surface area is 118 Å². The topological polar surface area (TPSA) is 12.5 Å². The van der Waals surface area contributed by atoms with E-state index in [1.165, 1.54) is 16.8 Å². The van der Waals surface area contributed by atoms with E-state index in [2.05, 4.69) is 43.9 Å². The SMILES string of the molecule is CC.CCN(c1cccc(C)c1C)C1CCOCC1. The Bertz CT molecular complexity index is 370. The molecule has 0 aromatic heterocycles. The highest BCUT2D eigenvalue weighted by Crippen LogP contribution is 2.27. The molecule has 0 unspecified atom stereocenters. The summed E-state index contributed by atoms with van der Waals surface area (Å²) in [4.78, 5) is 2.55. The van der Waals surface area contributed by atoms with Crippen LogP contribution in [-0.4, -0.2) is 25.8 Å². The van der Waals surface area contributed by atoms with Crippen LogP contribution in [0.25, 0.3) is 0 Å². The highest BCUT2D eigenvalue weighted by Gasteiger charge is 2.21. The molecule has 1 aliphatic heterocycles. The Hall–Kier alpha value is -1.02. The fraction of sp³-hybridized carbons (Fsp3) is 0.647. The van der Waals surface area contributed by atoms with E-state index >= 15 is 0 Å². The van der Waals surface area contributed by atoms with E-state index in [4.69, 9.17) is 4.74 Å². The molecule has 1 heterocycles. The molecule has 0 N–H and O–H groups in total.